The lowest BCUT2D eigenvalue weighted by molar-refractivity contribution is 0.420. The first-order chi connectivity index (χ1) is 12.6. The minimum atomic E-state index is -0.271. The summed E-state index contributed by atoms with van der Waals surface area (Å²) in [6, 6.07) is 7.01. The SMILES string of the molecule is C[C@H](Nc1cc(-c2cnoc2)ccn1)c1cc2cc(Cl)cnc2[nH]c1=O. The third-order valence-corrected chi connectivity index (χ3v) is 4.25. The summed E-state index contributed by atoms with van der Waals surface area (Å²) in [5, 5.41) is 8.23. The summed E-state index contributed by atoms with van der Waals surface area (Å²) in [6.07, 6.45) is 6.38. The maximum atomic E-state index is 12.4. The minimum absolute atomic E-state index is 0.206. The summed E-state index contributed by atoms with van der Waals surface area (Å²) in [7, 11) is 0. The molecule has 1 atom stereocenters. The number of hydrogen-bond acceptors (Lipinski definition) is 6. The van der Waals surface area contributed by atoms with Crippen LogP contribution in [0.15, 0.2) is 58.4 Å². The topological polar surface area (TPSA) is 96.7 Å². The molecule has 130 valence electrons. The van der Waals surface area contributed by atoms with Crippen LogP contribution in [0.5, 0.6) is 0 Å². The molecule has 7 nitrogen and oxygen atoms in total. The molecular formula is C18H14ClN5O2. The Labute approximate surface area is 153 Å². The van der Waals surface area contributed by atoms with Crippen LogP contribution < -0.4 is 10.9 Å². The highest BCUT2D eigenvalue weighted by Gasteiger charge is 2.13. The second-order valence-electron chi connectivity index (χ2n) is 5.85. The number of aromatic nitrogens is 4. The first kappa shape index (κ1) is 16.3. The lowest BCUT2D eigenvalue weighted by Gasteiger charge is -2.15. The van der Waals surface area contributed by atoms with E-state index in [0.717, 1.165) is 16.5 Å². The Morgan fingerprint density at radius 2 is 2.08 bits per heavy atom. The minimum Gasteiger partial charge on any atom is -0.364 e. The van der Waals surface area contributed by atoms with Crippen molar-refractivity contribution in [1.29, 1.82) is 0 Å². The van der Waals surface area contributed by atoms with Crippen LogP contribution in [0.4, 0.5) is 5.82 Å². The van der Waals surface area contributed by atoms with Gasteiger partial charge < -0.3 is 14.8 Å². The van der Waals surface area contributed by atoms with Gasteiger partial charge >= 0.3 is 0 Å². The Morgan fingerprint density at radius 1 is 1.19 bits per heavy atom. The van der Waals surface area contributed by atoms with Gasteiger partial charge in [0, 0.05) is 28.9 Å². The summed E-state index contributed by atoms with van der Waals surface area (Å²) >= 11 is 5.99. The fourth-order valence-electron chi connectivity index (χ4n) is 2.74. The molecular weight excluding hydrogens is 354 g/mol. The van der Waals surface area contributed by atoms with Gasteiger partial charge in [-0.15, -0.1) is 0 Å². The van der Waals surface area contributed by atoms with Gasteiger partial charge in [0.1, 0.15) is 17.7 Å². The van der Waals surface area contributed by atoms with E-state index in [2.05, 4.69) is 25.4 Å². The van der Waals surface area contributed by atoms with Crippen LogP contribution in [0.3, 0.4) is 0 Å². The molecule has 0 saturated heterocycles. The third kappa shape index (κ3) is 3.16. The van der Waals surface area contributed by atoms with Crippen molar-refractivity contribution >= 4 is 28.5 Å². The van der Waals surface area contributed by atoms with Crippen LogP contribution in [0, 0.1) is 0 Å². The maximum absolute atomic E-state index is 12.4. The van der Waals surface area contributed by atoms with Crippen molar-refractivity contribution in [3.8, 4) is 11.1 Å². The van der Waals surface area contributed by atoms with Gasteiger partial charge in [0.05, 0.1) is 17.3 Å². The van der Waals surface area contributed by atoms with Crippen LogP contribution >= 0.6 is 11.6 Å². The number of nitrogens with zero attached hydrogens (tertiary/aromatic N) is 3. The number of rotatable bonds is 4. The van der Waals surface area contributed by atoms with Gasteiger partial charge in [0.15, 0.2) is 0 Å². The summed E-state index contributed by atoms with van der Waals surface area (Å²) in [6.45, 7) is 1.89. The van der Waals surface area contributed by atoms with Gasteiger partial charge in [-0.25, -0.2) is 9.97 Å². The van der Waals surface area contributed by atoms with E-state index < -0.39 is 0 Å². The molecule has 4 aromatic rings. The first-order valence-electron chi connectivity index (χ1n) is 7.91. The summed E-state index contributed by atoms with van der Waals surface area (Å²) in [5.41, 5.74) is 2.64. The van der Waals surface area contributed by atoms with Crippen molar-refractivity contribution < 1.29 is 4.52 Å². The quantitative estimate of drug-likeness (QED) is 0.569. The smallest absolute Gasteiger partial charge is 0.254 e. The van der Waals surface area contributed by atoms with E-state index in [9.17, 15) is 4.79 Å². The summed E-state index contributed by atoms with van der Waals surface area (Å²) in [5.74, 6) is 0.639. The van der Waals surface area contributed by atoms with E-state index in [1.54, 1.807) is 30.8 Å². The van der Waals surface area contributed by atoms with Crippen LogP contribution in [0.1, 0.15) is 18.5 Å². The molecule has 0 aromatic carbocycles. The number of H-pyrrole nitrogens is 1. The molecule has 2 N–H and O–H groups in total. The zero-order chi connectivity index (χ0) is 18.1. The van der Waals surface area contributed by atoms with Crippen molar-refractivity contribution in [2.75, 3.05) is 5.32 Å². The van der Waals surface area contributed by atoms with Crippen LogP contribution in [-0.2, 0) is 0 Å². The summed E-state index contributed by atoms with van der Waals surface area (Å²) < 4.78 is 4.87. The molecule has 0 bridgehead atoms. The Bertz CT molecular complexity index is 1120. The highest BCUT2D eigenvalue weighted by molar-refractivity contribution is 6.31. The van der Waals surface area contributed by atoms with E-state index in [1.807, 2.05) is 19.1 Å². The number of pyridine rings is 3. The lowest BCUT2D eigenvalue weighted by atomic mass is 10.1. The van der Waals surface area contributed by atoms with Crippen LogP contribution in [-0.4, -0.2) is 20.1 Å². The van der Waals surface area contributed by atoms with Gasteiger partial charge in [0.25, 0.3) is 5.56 Å². The Morgan fingerprint density at radius 3 is 2.88 bits per heavy atom. The van der Waals surface area contributed by atoms with Crippen molar-refractivity contribution in [1.82, 2.24) is 20.1 Å². The first-order valence-corrected chi connectivity index (χ1v) is 8.29. The molecule has 0 saturated carbocycles. The fraction of sp³-hybridized carbons (Fsp3) is 0.111. The maximum Gasteiger partial charge on any atom is 0.254 e. The molecule has 0 aliphatic carbocycles. The van der Waals surface area contributed by atoms with E-state index in [0.29, 0.717) is 22.1 Å². The van der Waals surface area contributed by atoms with Crippen molar-refractivity contribution in [2.24, 2.45) is 0 Å². The van der Waals surface area contributed by atoms with Crippen molar-refractivity contribution in [2.45, 2.75) is 13.0 Å². The average Bonchev–Trinajstić information content (AvgIpc) is 3.16. The Balaban J connectivity index is 1.65. The molecule has 26 heavy (non-hydrogen) atoms. The van der Waals surface area contributed by atoms with Crippen LogP contribution in [0.2, 0.25) is 5.02 Å². The molecule has 0 unspecified atom stereocenters. The molecule has 4 heterocycles. The third-order valence-electron chi connectivity index (χ3n) is 4.05. The standard InChI is InChI=1S/C18H14ClN5O2/c1-10(15-5-12-4-14(19)8-21-17(12)24-18(15)25)23-16-6-11(2-3-20-16)13-7-22-26-9-13/h2-10H,1H3,(H,20,23)(H,21,24,25)/t10-/m0/s1. The molecule has 0 fully saturated rings. The second kappa shape index (κ2) is 6.61. The van der Waals surface area contributed by atoms with Gasteiger partial charge in [-0.2, -0.15) is 0 Å². The average molecular weight is 368 g/mol. The van der Waals surface area contributed by atoms with Crippen molar-refractivity contribution in [3.05, 3.63) is 70.1 Å². The zero-order valence-corrected chi connectivity index (χ0v) is 14.5. The predicted molar refractivity (Wildman–Crippen MR) is 99.1 cm³/mol. The molecule has 0 radical (unpaired) electrons. The molecule has 4 rings (SSSR count). The highest BCUT2D eigenvalue weighted by atomic mass is 35.5. The van der Waals surface area contributed by atoms with Crippen molar-refractivity contribution in [3.63, 3.8) is 0 Å². The lowest BCUT2D eigenvalue weighted by Crippen LogP contribution is -2.20. The van der Waals surface area contributed by atoms with Crippen LogP contribution in [0.25, 0.3) is 22.2 Å². The number of hydrogen-bond donors (Lipinski definition) is 2. The number of anilines is 1. The highest BCUT2D eigenvalue weighted by Crippen LogP contribution is 2.23. The molecule has 0 spiro atoms. The van der Waals surface area contributed by atoms with E-state index in [1.165, 1.54) is 6.20 Å². The van der Waals surface area contributed by atoms with E-state index in [-0.39, 0.29) is 11.6 Å². The molecule has 0 aliphatic heterocycles. The predicted octanol–water partition coefficient (Wildman–Crippen LogP) is 3.80. The molecule has 8 heteroatoms. The normalized spacial score (nSPS) is 12.2. The van der Waals surface area contributed by atoms with E-state index >= 15 is 0 Å². The molecule has 4 aromatic heterocycles. The monoisotopic (exact) mass is 367 g/mol. The van der Waals surface area contributed by atoms with E-state index in [4.69, 9.17) is 16.1 Å². The van der Waals surface area contributed by atoms with Gasteiger partial charge in [0.2, 0.25) is 0 Å². The fourth-order valence-corrected chi connectivity index (χ4v) is 2.91. The molecule has 0 amide bonds. The number of aromatic amines is 1. The van der Waals surface area contributed by atoms with Gasteiger partial charge in [-0.05, 0) is 36.8 Å². The number of nitrogens with one attached hydrogen (secondary N) is 2. The van der Waals surface area contributed by atoms with Gasteiger partial charge in [-0.1, -0.05) is 16.8 Å². The number of halogens is 1. The largest absolute Gasteiger partial charge is 0.364 e. The Hall–Kier alpha value is -3.19. The Kier molecular flexibility index (Phi) is 4.14. The number of fused-ring (bicyclic) bond motifs is 1. The second-order valence-corrected chi connectivity index (χ2v) is 6.29. The van der Waals surface area contributed by atoms with Gasteiger partial charge in [-0.3, -0.25) is 4.79 Å². The zero-order valence-electron chi connectivity index (χ0n) is 13.7. The summed E-state index contributed by atoms with van der Waals surface area (Å²) in [4.78, 5) is 23.6. The molecule has 0 aliphatic rings.